The van der Waals surface area contributed by atoms with Gasteiger partial charge in [0.15, 0.2) is 5.82 Å². The van der Waals surface area contributed by atoms with Gasteiger partial charge in [-0.1, -0.05) is 0 Å². The SMILES string of the molecule is COc1nc(N2C[C@H](C)O[C@@H](C)C2)cc(-n2ncc3cc(C)c(C4CCN(C5COC5)CC4F)cc32)n1. The summed E-state index contributed by atoms with van der Waals surface area (Å²) in [4.78, 5) is 13.7. The third-order valence-corrected chi connectivity index (χ3v) is 7.89. The van der Waals surface area contributed by atoms with Crippen LogP contribution in [0.1, 0.15) is 37.3 Å². The number of aromatic nitrogens is 4. The fourth-order valence-corrected chi connectivity index (χ4v) is 5.96. The standard InChI is InChI=1S/C27H35FN6O3/c1-16-7-19-10-29-34(24(19)8-22(16)21-5-6-32(13-23(21)28)20-14-36-15-20)26-9-25(30-27(31-26)35-4)33-11-17(2)37-18(3)12-33/h7-10,17-18,20-21,23H,5-6,11-15H2,1-4H3/t17-,18-,21?,23?/m0/s1. The van der Waals surface area contributed by atoms with E-state index in [4.69, 9.17) is 14.2 Å². The molecule has 10 heteroatoms. The maximum atomic E-state index is 15.5. The maximum absolute atomic E-state index is 15.5. The number of methoxy groups -OCH3 is 1. The monoisotopic (exact) mass is 510 g/mol. The normalized spacial score (nSPS) is 27.4. The second-order valence-electron chi connectivity index (χ2n) is 10.7. The van der Waals surface area contributed by atoms with Crippen LogP contribution in [0.5, 0.6) is 6.01 Å². The van der Waals surface area contributed by atoms with Crippen molar-refractivity contribution in [3.05, 3.63) is 35.5 Å². The summed E-state index contributed by atoms with van der Waals surface area (Å²) < 4.78 is 34.0. The zero-order chi connectivity index (χ0) is 25.7. The number of aryl methyl sites for hydroxylation is 1. The molecular weight excluding hydrogens is 475 g/mol. The Balaban J connectivity index is 1.34. The molecule has 198 valence electrons. The van der Waals surface area contributed by atoms with Crippen LogP contribution in [0.4, 0.5) is 10.2 Å². The molecule has 0 saturated carbocycles. The van der Waals surface area contributed by atoms with E-state index >= 15 is 4.39 Å². The molecule has 5 heterocycles. The lowest BCUT2D eigenvalue weighted by Gasteiger charge is -2.43. The number of fused-ring (bicyclic) bond motifs is 1. The van der Waals surface area contributed by atoms with Crippen molar-refractivity contribution in [2.75, 3.05) is 51.4 Å². The Hall–Kier alpha value is -2.82. The van der Waals surface area contributed by atoms with Crippen LogP contribution in [-0.4, -0.2) is 95.6 Å². The van der Waals surface area contributed by atoms with Crippen molar-refractivity contribution in [1.82, 2.24) is 24.6 Å². The van der Waals surface area contributed by atoms with Gasteiger partial charge in [-0.3, -0.25) is 4.90 Å². The Kier molecular flexibility index (Phi) is 6.50. The summed E-state index contributed by atoms with van der Waals surface area (Å²) >= 11 is 0. The first-order chi connectivity index (χ1) is 17.9. The van der Waals surface area contributed by atoms with Crippen molar-refractivity contribution < 1.29 is 18.6 Å². The molecule has 3 fully saturated rings. The predicted octanol–water partition coefficient (Wildman–Crippen LogP) is 3.27. The molecule has 3 aliphatic rings. The van der Waals surface area contributed by atoms with Crippen LogP contribution in [0, 0.1) is 6.92 Å². The lowest BCUT2D eigenvalue weighted by molar-refractivity contribution is -0.0807. The van der Waals surface area contributed by atoms with E-state index in [1.165, 1.54) is 0 Å². The van der Waals surface area contributed by atoms with Gasteiger partial charge in [-0.2, -0.15) is 15.1 Å². The molecule has 6 rings (SSSR count). The minimum atomic E-state index is -0.919. The Morgan fingerprint density at radius 2 is 1.78 bits per heavy atom. The molecule has 0 N–H and O–H groups in total. The van der Waals surface area contributed by atoms with E-state index in [0.717, 1.165) is 53.9 Å². The molecule has 3 aromatic rings. The van der Waals surface area contributed by atoms with E-state index in [1.807, 2.05) is 16.9 Å². The van der Waals surface area contributed by atoms with Crippen LogP contribution < -0.4 is 9.64 Å². The highest BCUT2D eigenvalue weighted by atomic mass is 19.1. The smallest absolute Gasteiger partial charge is 0.320 e. The number of morpholine rings is 1. The van der Waals surface area contributed by atoms with Crippen molar-refractivity contribution >= 4 is 16.7 Å². The van der Waals surface area contributed by atoms with Crippen LogP contribution >= 0.6 is 0 Å². The summed E-state index contributed by atoms with van der Waals surface area (Å²) in [6.07, 6.45) is 1.91. The summed E-state index contributed by atoms with van der Waals surface area (Å²) in [5.41, 5.74) is 3.04. The topological polar surface area (TPSA) is 77.8 Å². The molecule has 37 heavy (non-hydrogen) atoms. The van der Waals surface area contributed by atoms with Gasteiger partial charge in [-0.05, 0) is 57.0 Å². The van der Waals surface area contributed by atoms with Crippen molar-refractivity contribution in [1.29, 1.82) is 0 Å². The van der Waals surface area contributed by atoms with Crippen molar-refractivity contribution in [2.45, 2.75) is 57.5 Å². The van der Waals surface area contributed by atoms with Gasteiger partial charge >= 0.3 is 6.01 Å². The number of alkyl halides is 1. The minimum absolute atomic E-state index is 0.0982. The molecule has 2 unspecified atom stereocenters. The van der Waals surface area contributed by atoms with Crippen molar-refractivity contribution in [2.24, 2.45) is 0 Å². The molecule has 0 amide bonds. The number of rotatable bonds is 5. The third kappa shape index (κ3) is 4.66. The molecule has 0 spiro atoms. The van der Waals surface area contributed by atoms with E-state index in [9.17, 15) is 0 Å². The molecule has 3 aliphatic heterocycles. The highest BCUT2D eigenvalue weighted by molar-refractivity contribution is 5.82. The van der Waals surface area contributed by atoms with Gasteiger partial charge < -0.3 is 19.1 Å². The lowest BCUT2D eigenvalue weighted by atomic mass is 9.84. The molecule has 1 aromatic carbocycles. The molecule has 0 bridgehead atoms. The van der Waals surface area contributed by atoms with Crippen LogP contribution in [0.25, 0.3) is 16.7 Å². The van der Waals surface area contributed by atoms with Gasteiger partial charge in [0.2, 0.25) is 0 Å². The minimum Gasteiger partial charge on any atom is -0.467 e. The number of likely N-dealkylation sites (tertiary alicyclic amines) is 1. The van der Waals surface area contributed by atoms with Gasteiger partial charge in [-0.15, -0.1) is 0 Å². The summed E-state index contributed by atoms with van der Waals surface area (Å²) in [5, 5.41) is 5.66. The Morgan fingerprint density at radius 1 is 1.03 bits per heavy atom. The average molecular weight is 511 g/mol. The Morgan fingerprint density at radius 3 is 2.46 bits per heavy atom. The first-order valence-corrected chi connectivity index (χ1v) is 13.2. The van der Waals surface area contributed by atoms with Gasteiger partial charge in [-0.25, -0.2) is 9.07 Å². The maximum Gasteiger partial charge on any atom is 0.320 e. The average Bonchev–Trinajstić information content (AvgIpc) is 3.24. The molecule has 0 radical (unpaired) electrons. The number of benzene rings is 1. The van der Waals surface area contributed by atoms with E-state index in [0.29, 0.717) is 31.6 Å². The van der Waals surface area contributed by atoms with Gasteiger partial charge in [0.1, 0.15) is 12.0 Å². The number of hydrogen-bond donors (Lipinski definition) is 0. The van der Waals surface area contributed by atoms with E-state index in [2.05, 4.69) is 57.8 Å². The fraction of sp³-hybridized carbons (Fsp3) is 0.593. The van der Waals surface area contributed by atoms with Crippen molar-refractivity contribution in [3.8, 4) is 11.8 Å². The van der Waals surface area contributed by atoms with Crippen LogP contribution in [0.3, 0.4) is 0 Å². The molecule has 0 aliphatic carbocycles. The second-order valence-corrected chi connectivity index (χ2v) is 10.7. The van der Waals surface area contributed by atoms with E-state index in [-0.39, 0.29) is 24.1 Å². The first-order valence-electron chi connectivity index (χ1n) is 13.2. The van der Waals surface area contributed by atoms with E-state index < -0.39 is 6.17 Å². The number of hydrogen-bond acceptors (Lipinski definition) is 8. The fourth-order valence-electron chi connectivity index (χ4n) is 5.96. The number of anilines is 1. The highest BCUT2D eigenvalue weighted by Gasteiger charge is 2.36. The summed E-state index contributed by atoms with van der Waals surface area (Å²) in [6, 6.07) is 6.80. The lowest BCUT2D eigenvalue weighted by Crippen LogP contribution is -2.54. The largest absolute Gasteiger partial charge is 0.467 e. The number of ether oxygens (including phenoxy) is 3. The predicted molar refractivity (Wildman–Crippen MR) is 139 cm³/mol. The number of halogens is 1. The number of piperidine rings is 1. The zero-order valence-corrected chi connectivity index (χ0v) is 21.9. The summed E-state index contributed by atoms with van der Waals surface area (Å²) in [5.74, 6) is 1.25. The first kappa shape index (κ1) is 24.5. The highest BCUT2D eigenvalue weighted by Crippen LogP contribution is 2.36. The zero-order valence-electron chi connectivity index (χ0n) is 21.9. The molecule has 4 atom stereocenters. The van der Waals surface area contributed by atoms with Gasteiger partial charge in [0, 0.05) is 37.0 Å². The second kappa shape index (κ2) is 9.81. The van der Waals surface area contributed by atoms with E-state index in [1.54, 1.807) is 7.11 Å². The Labute approximate surface area is 216 Å². The quantitative estimate of drug-likeness (QED) is 0.518. The summed E-state index contributed by atoms with van der Waals surface area (Å²) in [7, 11) is 1.57. The van der Waals surface area contributed by atoms with Gasteiger partial charge in [0.25, 0.3) is 0 Å². The molecule has 3 saturated heterocycles. The van der Waals surface area contributed by atoms with Crippen LogP contribution in [-0.2, 0) is 9.47 Å². The molecule has 2 aromatic heterocycles. The van der Waals surface area contributed by atoms with Crippen LogP contribution in [0.2, 0.25) is 0 Å². The van der Waals surface area contributed by atoms with Crippen LogP contribution in [0.15, 0.2) is 24.4 Å². The molecular formula is C27H35FN6O3. The third-order valence-electron chi connectivity index (χ3n) is 7.89. The summed E-state index contributed by atoms with van der Waals surface area (Å²) in [6.45, 7) is 10.4. The Bertz CT molecular complexity index is 1270. The van der Waals surface area contributed by atoms with Gasteiger partial charge in [0.05, 0.1) is 50.3 Å². The van der Waals surface area contributed by atoms with Crippen molar-refractivity contribution in [3.63, 3.8) is 0 Å². The molecule has 9 nitrogen and oxygen atoms in total. The number of nitrogens with zero attached hydrogens (tertiary/aromatic N) is 6.